The Kier molecular flexibility index (Phi) is 3.41. The van der Waals surface area contributed by atoms with Crippen molar-refractivity contribution in [2.45, 2.75) is 59.8 Å². The summed E-state index contributed by atoms with van der Waals surface area (Å²) in [4.78, 5) is 4.88. The maximum atomic E-state index is 4.88. The molecule has 0 spiro atoms. The second-order valence-electron chi connectivity index (χ2n) is 7.60. The lowest BCUT2D eigenvalue weighted by Gasteiger charge is -2.21. The van der Waals surface area contributed by atoms with Gasteiger partial charge in [-0.15, -0.1) is 0 Å². The number of nitrogens with zero attached hydrogens (tertiary/aromatic N) is 2. The molecule has 0 fully saturated rings. The molecular weight excluding hydrogens is 234 g/mol. The molecule has 1 N–H and O–H groups in total. The highest BCUT2D eigenvalue weighted by Crippen LogP contribution is 2.28. The van der Waals surface area contributed by atoms with E-state index in [1.807, 2.05) is 6.20 Å². The number of aromatic amines is 1. The van der Waals surface area contributed by atoms with Gasteiger partial charge in [-0.1, -0.05) is 41.5 Å². The van der Waals surface area contributed by atoms with Crippen molar-refractivity contribution in [2.75, 3.05) is 0 Å². The smallest absolute Gasteiger partial charge is 0.0865 e. The van der Waals surface area contributed by atoms with Gasteiger partial charge in [0, 0.05) is 16.5 Å². The normalized spacial score (nSPS) is 13.2. The van der Waals surface area contributed by atoms with Crippen molar-refractivity contribution in [2.24, 2.45) is 5.41 Å². The van der Waals surface area contributed by atoms with Gasteiger partial charge in [-0.2, -0.15) is 5.10 Å². The molecule has 0 aliphatic carbocycles. The van der Waals surface area contributed by atoms with E-state index in [0.717, 1.165) is 29.7 Å². The fourth-order valence-corrected chi connectivity index (χ4v) is 2.08. The lowest BCUT2D eigenvalue weighted by Crippen LogP contribution is -2.15. The first kappa shape index (κ1) is 14.0. The van der Waals surface area contributed by atoms with Crippen molar-refractivity contribution in [1.82, 2.24) is 15.2 Å². The zero-order valence-corrected chi connectivity index (χ0v) is 13.0. The van der Waals surface area contributed by atoms with Gasteiger partial charge in [0.2, 0.25) is 0 Å². The van der Waals surface area contributed by atoms with Gasteiger partial charge < -0.3 is 0 Å². The molecule has 2 aromatic heterocycles. The van der Waals surface area contributed by atoms with Crippen LogP contribution in [-0.2, 0) is 11.8 Å². The second kappa shape index (κ2) is 4.62. The molecule has 3 nitrogen and oxygen atoms in total. The molecular formula is C16H25N3. The summed E-state index contributed by atoms with van der Waals surface area (Å²) in [6.45, 7) is 13.4. The van der Waals surface area contributed by atoms with Gasteiger partial charge in [-0.05, 0) is 24.3 Å². The molecule has 2 heterocycles. The summed E-state index contributed by atoms with van der Waals surface area (Å²) in [7, 11) is 0. The highest BCUT2D eigenvalue weighted by molar-refractivity contribution is 5.80. The Balaban J connectivity index is 2.43. The Morgan fingerprint density at radius 3 is 2.37 bits per heavy atom. The first-order valence-electron chi connectivity index (χ1n) is 7.00. The van der Waals surface area contributed by atoms with Crippen molar-refractivity contribution >= 4 is 10.9 Å². The Hall–Kier alpha value is -1.38. The van der Waals surface area contributed by atoms with Crippen LogP contribution in [0.2, 0.25) is 0 Å². The molecule has 2 rings (SSSR count). The minimum atomic E-state index is 0.0714. The predicted octanol–water partition coefficient (Wildman–Crippen LogP) is 4.23. The third-order valence-electron chi connectivity index (χ3n) is 3.39. The maximum Gasteiger partial charge on any atom is 0.0865 e. The number of H-pyrrole nitrogens is 1. The summed E-state index contributed by atoms with van der Waals surface area (Å²) in [5.74, 6) is 0. The van der Waals surface area contributed by atoms with Gasteiger partial charge in [-0.25, -0.2) is 0 Å². The first-order chi connectivity index (χ1) is 8.67. The largest absolute Gasteiger partial charge is 0.276 e. The van der Waals surface area contributed by atoms with Gasteiger partial charge in [0.15, 0.2) is 0 Å². The van der Waals surface area contributed by atoms with Gasteiger partial charge in [0.05, 0.1) is 17.4 Å². The van der Waals surface area contributed by atoms with Crippen molar-refractivity contribution in [3.63, 3.8) is 0 Å². The molecule has 3 heteroatoms. The molecule has 0 atom stereocenters. The van der Waals surface area contributed by atoms with E-state index in [1.54, 1.807) is 0 Å². The van der Waals surface area contributed by atoms with Crippen LogP contribution in [-0.4, -0.2) is 15.2 Å². The number of pyridine rings is 1. The van der Waals surface area contributed by atoms with Crippen LogP contribution in [0, 0.1) is 5.41 Å². The monoisotopic (exact) mass is 259 g/mol. The Bertz CT molecular complexity index is 568. The van der Waals surface area contributed by atoms with E-state index in [0.29, 0.717) is 5.41 Å². The summed E-state index contributed by atoms with van der Waals surface area (Å²) in [5, 5.41) is 8.43. The van der Waals surface area contributed by atoms with Crippen LogP contribution >= 0.6 is 0 Å². The topological polar surface area (TPSA) is 41.6 Å². The van der Waals surface area contributed by atoms with Gasteiger partial charge in [-0.3, -0.25) is 10.1 Å². The standard InChI is InChI=1S/C16H25N3/c1-15(2,3)8-7-12-14-11(10-17-19-14)9-13(18-12)16(4,5)6/h9-10H,7-8H2,1-6H3,(H,17,19). The molecule has 0 amide bonds. The minimum Gasteiger partial charge on any atom is -0.276 e. The quantitative estimate of drug-likeness (QED) is 0.876. The van der Waals surface area contributed by atoms with Crippen molar-refractivity contribution < 1.29 is 0 Å². The molecule has 0 saturated carbocycles. The average molecular weight is 259 g/mol. The predicted molar refractivity (Wildman–Crippen MR) is 80.4 cm³/mol. The number of aromatic nitrogens is 3. The SMILES string of the molecule is CC(C)(C)CCc1nc(C(C)(C)C)cc2cn[nH]c12. The van der Waals surface area contributed by atoms with Crippen LogP contribution < -0.4 is 0 Å². The van der Waals surface area contributed by atoms with E-state index < -0.39 is 0 Å². The van der Waals surface area contributed by atoms with Crippen LogP contribution in [0.15, 0.2) is 12.3 Å². The minimum absolute atomic E-state index is 0.0714. The number of aryl methyl sites for hydroxylation is 1. The van der Waals surface area contributed by atoms with Crippen LogP contribution in [0.4, 0.5) is 0 Å². The molecule has 0 aliphatic rings. The highest BCUT2D eigenvalue weighted by atomic mass is 15.1. The average Bonchev–Trinajstić information content (AvgIpc) is 2.71. The summed E-state index contributed by atoms with van der Waals surface area (Å²) in [6, 6.07) is 2.15. The molecule has 104 valence electrons. The summed E-state index contributed by atoms with van der Waals surface area (Å²) in [6.07, 6.45) is 4.01. The van der Waals surface area contributed by atoms with Crippen molar-refractivity contribution in [3.05, 3.63) is 23.7 Å². The molecule has 0 bridgehead atoms. The lowest BCUT2D eigenvalue weighted by molar-refractivity contribution is 0.376. The zero-order valence-electron chi connectivity index (χ0n) is 13.0. The summed E-state index contributed by atoms with van der Waals surface area (Å²) in [5.41, 5.74) is 3.78. The number of rotatable bonds is 2. The van der Waals surface area contributed by atoms with E-state index in [2.05, 4.69) is 57.8 Å². The number of nitrogens with one attached hydrogen (secondary N) is 1. The molecule has 0 aliphatic heterocycles. The first-order valence-corrected chi connectivity index (χ1v) is 7.00. The molecule has 2 aromatic rings. The van der Waals surface area contributed by atoms with Gasteiger partial charge in [0.1, 0.15) is 0 Å². The van der Waals surface area contributed by atoms with Crippen molar-refractivity contribution in [1.29, 1.82) is 0 Å². The summed E-state index contributed by atoms with van der Waals surface area (Å²) < 4.78 is 0. The van der Waals surface area contributed by atoms with E-state index in [4.69, 9.17) is 4.98 Å². The van der Waals surface area contributed by atoms with E-state index >= 15 is 0 Å². The zero-order chi connectivity index (χ0) is 14.3. The number of hydrogen-bond acceptors (Lipinski definition) is 2. The summed E-state index contributed by atoms with van der Waals surface area (Å²) >= 11 is 0. The second-order valence-corrected chi connectivity index (χ2v) is 7.60. The maximum absolute atomic E-state index is 4.88. The van der Waals surface area contributed by atoms with Crippen LogP contribution in [0.5, 0.6) is 0 Å². The molecule has 0 unspecified atom stereocenters. The van der Waals surface area contributed by atoms with Crippen LogP contribution in [0.25, 0.3) is 10.9 Å². The molecule has 0 aromatic carbocycles. The van der Waals surface area contributed by atoms with Gasteiger partial charge in [0.25, 0.3) is 0 Å². The third kappa shape index (κ3) is 3.34. The van der Waals surface area contributed by atoms with Crippen molar-refractivity contribution in [3.8, 4) is 0 Å². The molecule has 0 radical (unpaired) electrons. The lowest BCUT2D eigenvalue weighted by atomic mass is 9.88. The van der Waals surface area contributed by atoms with Crippen LogP contribution in [0.3, 0.4) is 0 Å². The number of hydrogen-bond donors (Lipinski definition) is 1. The Morgan fingerprint density at radius 2 is 1.79 bits per heavy atom. The van der Waals surface area contributed by atoms with E-state index in [9.17, 15) is 0 Å². The molecule has 19 heavy (non-hydrogen) atoms. The number of fused-ring (bicyclic) bond motifs is 1. The highest BCUT2D eigenvalue weighted by Gasteiger charge is 2.19. The fourth-order valence-electron chi connectivity index (χ4n) is 2.08. The fraction of sp³-hybridized carbons (Fsp3) is 0.625. The Morgan fingerprint density at radius 1 is 1.11 bits per heavy atom. The van der Waals surface area contributed by atoms with E-state index in [-0.39, 0.29) is 5.41 Å². The van der Waals surface area contributed by atoms with Crippen LogP contribution in [0.1, 0.15) is 59.4 Å². The third-order valence-corrected chi connectivity index (χ3v) is 3.39. The van der Waals surface area contributed by atoms with Gasteiger partial charge >= 0.3 is 0 Å². The Labute approximate surface area is 115 Å². The van der Waals surface area contributed by atoms with E-state index in [1.165, 1.54) is 5.39 Å². The molecule has 0 saturated heterocycles.